The predicted molar refractivity (Wildman–Crippen MR) is 33.4 cm³/mol. The Morgan fingerprint density at radius 3 is 2.25 bits per heavy atom. The molecule has 0 heterocycles. The van der Waals surface area contributed by atoms with Gasteiger partial charge in [0.2, 0.25) is 6.04 Å². The number of hydrogen-bond acceptors (Lipinski definition) is 0. The minimum Gasteiger partial charge on any atom is -0.313 e. The lowest BCUT2D eigenvalue weighted by Crippen LogP contribution is -2.08. The van der Waals surface area contributed by atoms with E-state index in [-0.39, 0.29) is 6.04 Å². The van der Waals surface area contributed by atoms with E-state index in [1.54, 1.807) is 0 Å². The third-order valence-corrected chi connectivity index (χ3v) is 2.24. The van der Waals surface area contributed by atoms with Crippen molar-refractivity contribution in [1.29, 1.82) is 0 Å². The van der Waals surface area contributed by atoms with Gasteiger partial charge in [0.05, 0.1) is 0 Å². The molecule has 1 rings (SSSR count). The quantitative estimate of drug-likeness (QED) is 0.454. The van der Waals surface area contributed by atoms with Gasteiger partial charge in [0, 0.05) is 12.3 Å². The molecule has 1 saturated carbocycles. The van der Waals surface area contributed by atoms with Crippen LogP contribution >= 0.6 is 0 Å². The summed E-state index contributed by atoms with van der Waals surface area (Å²) >= 11 is 0. The van der Waals surface area contributed by atoms with Crippen molar-refractivity contribution in [3.8, 4) is 0 Å². The van der Waals surface area contributed by atoms with Gasteiger partial charge in [-0.1, -0.05) is 6.92 Å². The van der Waals surface area contributed by atoms with E-state index in [4.69, 9.17) is 6.57 Å². The molecule has 0 aromatic rings. The summed E-state index contributed by atoms with van der Waals surface area (Å²) in [6, 6.07) is 0.252. The summed E-state index contributed by atoms with van der Waals surface area (Å²) in [4.78, 5) is 3.47. The zero-order valence-corrected chi connectivity index (χ0v) is 5.44. The van der Waals surface area contributed by atoms with Crippen LogP contribution in [0.5, 0.6) is 0 Å². The maximum absolute atomic E-state index is 6.73. The van der Waals surface area contributed by atoms with Gasteiger partial charge in [-0.25, -0.2) is 6.57 Å². The van der Waals surface area contributed by atoms with Crippen LogP contribution in [-0.2, 0) is 0 Å². The molecule has 1 heteroatoms. The fourth-order valence-electron chi connectivity index (χ4n) is 0.771. The highest BCUT2D eigenvalue weighted by Crippen LogP contribution is 2.49. The highest BCUT2D eigenvalue weighted by atomic mass is 14.8. The second kappa shape index (κ2) is 1.48. The Morgan fingerprint density at radius 1 is 1.62 bits per heavy atom. The molecule has 1 nitrogen and oxygen atoms in total. The lowest BCUT2D eigenvalue weighted by Gasteiger charge is -2.03. The molecule has 44 valence electrons. The van der Waals surface area contributed by atoms with Crippen LogP contribution < -0.4 is 0 Å². The van der Waals surface area contributed by atoms with Gasteiger partial charge >= 0.3 is 0 Å². The van der Waals surface area contributed by atoms with Gasteiger partial charge in [-0.15, -0.1) is 0 Å². The molecular weight excluding hydrogens is 98.1 g/mol. The zero-order valence-electron chi connectivity index (χ0n) is 5.44. The summed E-state index contributed by atoms with van der Waals surface area (Å²) in [5.41, 5.74) is 0.405. The average Bonchev–Trinajstić information content (AvgIpc) is 2.47. The molecule has 0 amide bonds. The molecule has 0 N–H and O–H groups in total. The van der Waals surface area contributed by atoms with E-state index in [2.05, 4.69) is 11.8 Å². The van der Waals surface area contributed by atoms with Gasteiger partial charge in [0.25, 0.3) is 0 Å². The SMILES string of the molecule is [C-]#[N+]C(C)C1(C)CC1. The second-order valence-electron chi connectivity index (χ2n) is 2.96. The van der Waals surface area contributed by atoms with Gasteiger partial charge in [0.15, 0.2) is 0 Å². The van der Waals surface area contributed by atoms with Crippen molar-refractivity contribution >= 4 is 0 Å². The van der Waals surface area contributed by atoms with Crippen molar-refractivity contribution in [2.45, 2.75) is 32.7 Å². The van der Waals surface area contributed by atoms with Crippen molar-refractivity contribution in [1.82, 2.24) is 0 Å². The first-order chi connectivity index (χ1) is 3.69. The Labute approximate surface area is 50.5 Å². The van der Waals surface area contributed by atoms with Crippen molar-refractivity contribution in [3.63, 3.8) is 0 Å². The molecule has 0 aromatic heterocycles. The van der Waals surface area contributed by atoms with E-state index >= 15 is 0 Å². The molecule has 0 spiro atoms. The third kappa shape index (κ3) is 0.709. The van der Waals surface area contributed by atoms with Crippen LogP contribution in [0.3, 0.4) is 0 Å². The molecule has 1 aliphatic rings. The maximum atomic E-state index is 6.73. The van der Waals surface area contributed by atoms with Crippen LogP contribution in [0.4, 0.5) is 0 Å². The fraction of sp³-hybridized carbons (Fsp3) is 0.857. The summed E-state index contributed by atoms with van der Waals surface area (Å²) in [7, 11) is 0. The minimum absolute atomic E-state index is 0.252. The molecule has 0 aliphatic heterocycles. The van der Waals surface area contributed by atoms with E-state index in [0.717, 1.165) is 0 Å². The third-order valence-electron chi connectivity index (χ3n) is 2.24. The molecule has 1 unspecified atom stereocenters. The van der Waals surface area contributed by atoms with E-state index < -0.39 is 0 Å². The van der Waals surface area contributed by atoms with E-state index in [9.17, 15) is 0 Å². The Bertz CT molecular complexity index is 128. The van der Waals surface area contributed by atoms with Crippen molar-refractivity contribution in [2.24, 2.45) is 5.41 Å². The molecular formula is C7H11N. The normalized spacial score (nSPS) is 26.1. The van der Waals surface area contributed by atoms with Crippen molar-refractivity contribution in [3.05, 3.63) is 11.4 Å². The van der Waals surface area contributed by atoms with Crippen LogP contribution in [0.2, 0.25) is 0 Å². The Kier molecular flexibility index (Phi) is 1.04. The smallest absolute Gasteiger partial charge is 0.226 e. The van der Waals surface area contributed by atoms with Gasteiger partial charge in [0.1, 0.15) is 0 Å². The molecule has 1 atom stereocenters. The standard InChI is InChI=1S/C7H11N/c1-6(8-3)7(2)4-5-7/h6H,4-5H2,1-2H3. The van der Waals surface area contributed by atoms with Crippen molar-refractivity contribution < 1.29 is 0 Å². The van der Waals surface area contributed by atoms with Crippen LogP contribution in [0.1, 0.15) is 26.7 Å². The zero-order chi connectivity index (χ0) is 6.20. The summed E-state index contributed by atoms with van der Waals surface area (Å²) < 4.78 is 0. The average molecular weight is 109 g/mol. The Hall–Kier alpha value is -0.510. The first kappa shape index (κ1) is 5.62. The van der Waals surface area contributed by atoms with Crippen LogP contribution in [0, 0.1) is 12.0 Å². The summed E-state index contributed by atoms with van der Waals surface area (Å²) in [6.07, 6.45) is 2.52. The second-order valence-corrected chi connectivity index (χ2v) is 2.96. The van der Waals surface area contributed by atoms with Gasteiger partial charge < -0.3 is 4.85 Å². The predicted octanol–water partition coefficient (Wildman–Crippen LogP) is 2.09. The first-order valence-corrected chi connectivity index (χ1v) is 3.05. The number of hydrogen-bond donors (Lipinski definition) is 0. The lowest BCUT2D eigenvalue weighted by atomic mass is 10.0. The monoisotopic (exact) mass is 109 g/mol. The van der Waals surface area contributed by atoms with E-state index in [1.165, 1.54) is 12.8 Å². The number of nitrogens with zero attached hydrogens (tertiary/aromatic N) is 1. The largest absolute Gasteiger partial charge is 0.313 e. The Balaban J connectivity index is 2.49. The van der Waals surface area contributed by atoms with Gasteiger partial charge in [-0.2, -0.15) is 0 Å². The summed E-state index contributed by atoms with van der Waals surface area (Å²) in [5.74, 6) is 0. The molecule has 1 fully saturated rings. The number of rotatable bonds is 1. The fourth-order valence-corrected chi connectivity index (χ4v) is 0.771. The molecule has 0 aromatic carbocycles. The topological polar surface area (TPSA) is 4.36 Å². The molecule has 8 heavy (non-hydrogen) atoms. The van der Waals surface area contributed by atoms with Crippen LogP contribution in [-0.4, -0.2) is 6.04 Å². The highest BCUT2D eigenvalue weighted by Gasteiger charge is 2.46. The molecule has 0 radical (unpaired) electrons. The highest BCUT2D eigenvalue weighted by molar-refractivity contribution is 5.01. The van der Waals surface area contributed by atoms with Gasteiger partial charge in [-0.3, -0.25) is 0 Å². The minimum atomic E-state index is 0.252. The van der Waals surface area contributed by atoms with Crippen LogP contribution in [0.15, 0.2) is 0 Å². The maximum Gasteiger partial charge on any atom is 0.226 e. The first-order valence-electron chi connectivity index (χ1n) is 3.05. The van der Waals surface area contributed by atoms with E-state index in [0.29, 0.717) is 5.41 Å². The summed E-state index contributed by atoms with van der Waals surface area (Å²) in [5, 5.41) is 0. The van der Waals surface area contributed by atoms with Gasteiger partial charge in [-0.05, 0) is 12.8 Å². The molecule has 0 saturated heterocycles. The molecule has 0 bridgehead atoms. The summed E-state index contributed by atoms with van der Waals surface area (Å²) in [6.45, 7) is 10.9. The van der Waals surface area contributed by atoms with Crippen LogP contribution in [0.25, 0.3) is 4.85 Å². The van der Waals surface area contributed by atoms with E-state index in [1.807, 2.05) is 6.92 Å². The Morgan fingerprint density at radius 2 is 2.12 bits per heavy atom. The lowest BCUT2D eigenvalue weighted by molar-refractivity contribution is 0.517. The molecule has 1 aliphatic carbocycles. The van der Waals surface area contributed by atoms with Crippen molar-refractivity contribution in [2.75, 3.05) is 0 Å².